The first-order valence-electron chi connectivity index (χ1n) is 9.45. The fraction of sp³-hybridized carbons (Fsp3) is 0.182. The zero-order chi connectivity index (χ0) is 21.1. The highest BCUT2D eigenvalue weighted by molar-refractivity contribution is 9.10. The highest BCUT2D eigenvalue weighted by Crippen LogP contribution is 2.32. The van der Waals surface area contributed by atoms with Crippen LogP contribution in [-0.2, 0) is 9.59 Å². The summed E-state index contributed by atoms with van der Waals surface area (Å²) in [5.74, 6) is -0.658. The number of anilines is 2. The summed E-state index contributed by atoms with van der Waals surface area (Å²) in [6.07, 6.45) is 3.66. The standard InChI is InChI=1S/C22H19BrN4O3/c1-14-13-15(30-22-24-10-4-11-25-22)7-8-18(14)26-20(28)16-9-12-27(21(16)29)19-6-3-2-5-17(19)23/h2-8,10-11,13,16H,9,12H2,1H3,(H,26,28). The molecule has 0 bridgehead atoms. The third-order valence-corrected chi connectivity index (χ3v) is 5.54. The molecule has 1 fully saturated rings. The van der Waals surface area contributed by atoms with Gasteiger partial charge < -0.3 is 15.0 Å². The summed E-state index contributed by atoms with van der Waals surface area (Å²) in [5, 5.41) is 2.88. The van der Waals surface area contributed by atoms with E-state index in [4.69, 9.17) is 4.74 Å². The van der Waals surface area contributed by atoms with Crippen molar-refractivity contribution in [2.75, 3.05) is 16.8 Å². The van der Waals surface area contributed by atoms with E-state index < -0.39 is 5.92 Å². The zero-order valence-corrected chi connectivity index (χ0v) is 17.8. The Bertz CT molecular complexity index is 1090. The highest BCUT2D eigenvalue weighted by atomic mass is 79.9. The minimum Gasteiger partial charge on any atom is -0.424 e. The number of hydrogen-bond acceptors (Lipinski definition) is 5. The van der Waals surface area contributed by atoms with Gasteiger partial charge in [0.15, 0.2) is 0 Å². The average Bonchev–Trinajstić information content (AvgIpc) is 3.12. The molecule has 0 radical (unpaired) electrons. The van der Waals surface area contributed by atoms with Crippen molar-refractivity contribution in [3.63, 3.8) is 0 Å². The number of ether oxygens (including phenoxy) is 1. The van der Waals surface area contributed by atoms with Gasteiger partial charge in [-0.1, -0.05) is 12.1 Å². The van der Waals surface area contributed by atoms with Crippen LogP contribution in [-0.4, -0.2) is 28.3 Å². The third kappa shape index (κ3) is 4.18. The van der Waals surface area contributed by atoms with Gasteiger partial charge in [-0.3, -0.25) is 9.59 Å². The van der Waals surface area contributed by atoms with Gasteiger partial charge in [0.1, 0.15) is 11.7 Å². The molecule has 1 aliphatic rings. The van der Waals surface area contributed by atoms with Gasteiger partial charge in [-0.05, 0) is 71.2 Å². The van der Waals surface area contributed by atoms with Crippen LogP contribution in [0.2, 0.25) is 0 Å². The maximum atomic E-state index is 12.8. The van der Waals surface area contributed by atoms with E-state index >= 15 is 0 Å². The maximum Gasteiger partial charge on any atom is 0.321 e. The Kier molecular flexibility index (Phi) is 5.76. The number of aromatic nitrogens is 2. The molecule has 1 atom stereocenters. The van der Waals surface area contributed by atoms with E-state index in [0.29, 0.717) is 24.4 Å². The molecule has 1 N–H and O–H groups in total. The van der Waals surface area contributed by atoms with E-state index in [9.17, 15) is 9.59 Å². The Morgan fingerprint density at radius 2 is 1.93 bits per heavy atom. The van der Waals surface area contributed by atoms with E-state index in [1.165, 1.54) is 0 Å². The van der Waals surface area contributed by atoms with Gasteiger partial charge in [-0.15, -0.1) is 0 Å². The monoisotopic (exact) mass is 466 g/mol. The first-order chi connectivity index (χ1) is 14.5. The van der Waals surface area contributed by atoms with Gasteiger partial charge in [0, 0.05) is 29.1 Å². The molecular weight excluding hydrogens is 448 g/mol. The van der Waals surface area contributed by atoms with Crippen LogP contribution >= 0.6 is 15.9 Å². The number of rotatable bonds is 5. The van der Waals surface area contributed by atoms with E-state index in [-0.39, 0.29) is 17.8 Å². The topological polar surface area (TPSA) is 84.4 Å². The SMILES string of the molecule is Cc1cc(Oc2ncccn2)ccc1NC(=O)C1CCN(c2ccccc2Br)C1=O. The number of nitrogens with one attached hydrogen (secondary N) is 1. The number of nitrogens with zero attached hydrogens (tertiary/aromatic N) is 3. The van der Waals surface area contributed by atoms with Crippen LogP contribution in [0.1, 0.15) is 12.0 Å². The molecule has 30 heavy (non-hydrogen) atoms. The first kappa shape index (κ1) is 20.0. The van der Waals surface area contributed by atoms with Crippen molar-refractivity contribution in [1.29, 1.82) is 0 Å². The smallest absolute Gasteiger partial charge is 0.321 e. The van der Waals surface area contributed by atoms with Crippen molar-refractivity contribution in [3.8, 4) is 11.8 Å². The van der Waals surface area contributed by atoms with Crippen LogP contribution in [0.3, 0.4) is 0 Å². The number of halogens is 1. The van der Waals surface area contributed by atoms with Gasteiger partial charge in [0.2, 0.25) is 11.8 Å². The largest absolute Gasteiger partial charge is 0.424 e. The number of benzene rings is 2. The van der Waals surface area contributed by atoms with Crippen LogP contribution < -0.4 is 15.0 Å². The molecule has 0 aliphatic carbocycles. The summed E-state index contributed by atoms with van der Waals surface area (Å²) >= 11 is 3.47. The molecule has 2 aromatic carbocycles. The summed E-state index contributed by atoms with van der Waals surface area (Å²) in [6.45, 7) is 2.36. The summed E-state index contributed by atoms with van der Waals surface area (Å²) in [5.41, 5.74) is 2.22. The van der Waals surface area contributed by atoms with Crippen LogP contribution in [0, 0.1) is 12.8 Å². The number of hydrogen-bond donors (Lipinski definition) is 1. The van der Waals surface area contributed by atoms with E-state index in [2.05, 4.69) is 31.2 Å². The molecule has 2 amide bonds. The predicted octanol–water partition coefficient (Wildman–Crippen LogP) is 4.33. The van der Waals surface area contributed by atoms with E-state index in [1.54, 1.807) is 41.6 Å². The Labute approximate surface area is 182 Å². The van der Waals surface area contributed by atoms with E-state index in [0.717, 1.165) is 15.7 Å². The Hall–Kier alpha value is -3.26. The van der Waals surface area contributed by atoms with Crippen molar-refractivity contribution >= 4 is 39.1 Å². The summed E-state index contributed by atoms with van der Waals surface area (Å²) < 4.78 is 6.44. The molecule has 1 saturated heterocycles. The Morgan fingerprint density at radius 1 is 1.17 bits per heavy atom. The number of carbonyl (C=O) groups is 2. The molecule has 3 aromatic rings. The number of para-hydroxylation sites is 1. The van der Waals surface area contributed by atoms with E-state index in [1.807, 2.05) is 31.2 Å². The first-order valence-corrected chi connectivity index (χ1v) is 10.2. The highest BCUT2D eigenvalue weighted by Gasteiger charge is 2.38. The molecule has 0 spiro atoms. The van der Waals surface area contributed by atoms with Crippen molar-refractivity contribution in [3.05, 3.63) is 71.0 Å². The maximum absolute atomic E-state index is 12.8. The quantitative estimate of drug-likeness (QED) is 0.565. The van der Waals surface area contributed by atoms with Gasteiger partial charge >= 0.3 is 6.01 Å². The third-order valence-electron chi connectivity index (χ3n) is 4.87. The molecule has 4 rings (SSSR count). The normalized spacial score (nSPS) is 15.9. The minimum atomic E-state index is -0.717. The fourth-order valence-electron chi connectivity index (χ4n) is 3.34. The number of aryl methyl sites for hydroxylation is 1. The fourth-order valence-corrected chi connectivity index (χ4v) is 3.84. The molecule has 1 aromatic heterocycles. The van der Waals surface area contributed by atoms with Gasteiger partial charge in [-0.2, -0.15) is 0 Å². The second kappa shape index (κ2) is 8.62. The average molecular weight is 467 g/mol. The van der Waals surface area contributed by atoms with Crippen LogP contribution in [0.15, 0.2) is 65.4 Å². The van der Waals surface area contributed by atoms with Crippen LogP contribution in [0.25, 0.3) is 0 Å². The van der Waals surface area contributed by atoms with Crippen LogP contribution in [0.5, 0.6) is 11.8 Å². The van der Waals surface area contributed by atoms with Gasteiger partial charge in [-0.25, -0.2) is 9.97 Å². The van der Waals surface area contributed by atoms with Crippen molar-refractivity contribution in [2.24, 2.45) is 5.92 Å². The molecule has 152 valence electrons. The van der Waals surface area contributed by atoms with Crippen molar-refractivity contribution in [2.45, 2.75) is 13.3 Å². The lowest BCUT2D eigenvalue weighted by atomic mass is 10.1. The minimum absolute atomic E-state index is 0.196. The lowest BCUT2D eigenvalue weighted by molar-refractivity contribution is -0.129. The number of amides is 2. The Balaban J connectivity index is 1.44. The lowest BCUT2D eigenvalue weighted by Gasteiger charge is -2.18. The van der Waals surface area contributed by atoms with Crippen molar-refractivity contribution < 1.29 is 14.3 Å². The second-order valence-electron chi connectivity index (χ2n) is 6.88. The zero-order valence-electron chi connectivity index (χ0n) is 16.2. The molecule has 2 heterocycles. The van der Waals surface area contributed by atoms with Crippen LogP contribution in [0.4, 0.5) is 11.4 Å². The molecule has 1 unspecified atom stereocenters. The molecule has 1 aliphatic heterocycles. The summed E-state index contributed by atoms with van der Waals surface area (Å²) in [6, 6.07) is 14.7. The Morgan fingerprint density at radius 3 is 2.67 bits per heavy atom. The predicted molar refractivity (Wildman–Crippen MR) is 117 cm³/mol. The lowest BCUT2D eigenvalue weighted by Crippen LogP contribution is -2.33. The molecular formula is C22H19BrN4O3. The molecule has 0 saturated carbocycles. The summed E-state index contributed by atoms with van der Waals surface area (Å²) in [7, 11) is 0. The van der Waals surface area contributed by atoms with Gasteiger partial charge in [0.05, 0.1) is 5.69 Å². The molecule has 7 nitrogen and oxygen atoms in total. The number of carbonyl (C=O) groups excluding carboxylic acids is 2. The summed E-state index contributed by atoms with van der Waals surface area (Å²) in [4.78, 5) is 35.3. The molecule has 8 heteroatoms. The van der Waals surface area contributed by atoms with Crippen molar-refractivity contribution in [1.82, 2.24) is 9.97 Å². The van der Waals surface area contributed by atoms with Gasteiger partial charge in [0.25, 0.3) is 0 Å². The second-order valence-corrected chi connectivity index (χ2v) is 7.74.